The zero-order valence-corrected chi connectivity index (χ0v) is 19.1. The second kappa shape index (κ2) is 11.1. The summed E-state index contributed by atoms with van der Waals surface area (Å²) in [6.07, 6.45) is 2.88. The van der Waals surface area contributed by atoms with E-state index in [1.54, 1.807) is 0 Å². The molecule has 10 nitrogen and oxygen atoms in total. The number of carbonyl (C=O) groups excluding carboxylic acids is 3. The van der Waals surface area contributed by atoms with E-state index in [4.69, 9.17) is 14.2 Å². The molecule has 1 N–H and O–H groups in total. The molecule has 1 aromatic carbocycles. The number of esters is 2. The lowest BCUT2D eigenvalue weighted by Gasteiger charge is -2.14. The van der Waals surface area contributed by atoms with Gasteiger partial charge < -0.3 is 24.1 Å². The molecule has 1 atom stereocenters. The van der Waals surface area contributed by atoms with Crippen LogP contribution in [0.25, 0.3) is 0 Å². The maximum absolute atomic E-state index is 12.6. The summed E-state index contributed by atoms with van der Waals surface area (Å²) in [4.78, 5) is 36.4. The van der Waals surface area contributed by atoms with Crippen molar-refractivity contribution in [2.75, 3.05) is 31.9 Å². The van der Waals surface area contributed by atoms with Crippen LogP contribution < -0.4 is 5.32 Å². The van der Waals surface area contributed by atoms with Gasteiger partial charge in [0, 0.05) is 18.7 Å². The van der Waals surface area contributed by atoms with E-state index in [0.29, 0.717) is 11.7 Å². The summed E-state index contributed by atoms with van der Waals surface area (Å²) in [7, 11) is 2.47. The van der Waals surface area contributed by atoms with E-state index in [0.717, 1.165) is 31.7 Å². The highest BCUT2D eigenvalue weighted by Crippen LogP contribution is 2.23. The van der Waals surface area contributed by atoms with Crippen LogP contribution in [0.5, 0.6) is 0 Å². The Morgan fingerprint density at radius 3 is 2.41 bits per heavy atom. The van der Waals surface area contributed by atoms with Gasteiger partial charge in [-0.25, -0.2) is 9.59 Å². The van der Waals surface area contributed by atoms with Crippen molar-refractivity contribution in [1.29, 1.82) is 0 Å². The fraction of sp³-hybridized carbons (Fsp3) is 0.476. The van der Waals surface area contributed by atoms with Crippen molar-refractivity contribution in [1.82, 2.24) is 14.8 Å². The van der Waals surface area contributed by atoms with Gasteiger partial charge in [-0.1, -0.05) is 18.7 Å². The van der Waals surface area contributed by atoms with E-state index in [9.17, 15) is 14.4 Å². The molecule has 1 saturated heterocycles. The number of aryl methyl sites for hydroxylation is 1. The summed E-state index contributed by atoms with van der Waals surface area (Å²) in [5, 5.41) is 11.8. The molecule has 32 heavy (non-hydrogen) atoms. The van der Waals surface area contributed by atoms with Crippen LogP contribution in [-0.4, -0.2) is 65.3 Å². The Morgan fingerprint density at radius 1 is 1.16 bits per heavy atom. The molecule has 0 bridgehead atoms. The SMILES string of the molecule is CCc1nnc(SCC(=O)Nc2cc(C(=O)OC)cc(C(=O)OC)c2)n1CC1CCCO1. The third-order valence-electron chi connectivity index (χ3n) is 4.91. The van der Waals surface area contributed by atoms with Gasteiger partial charge in [-0.15, -0.1) is 10.2 Å². The van der Waals surface area contributed by atoms with Crippen LogP contribution in [0, 0.1) is 0 Å². The maximum Gasteiger partial charge on any atom is 0.337 e. The number of nitrogens with zero attached hydrogens (tertiary/aromatic N) is 3. The monoisotopic (exact) mass is 462 g/mol. The molecule has 11 heteroatoms. The number of rotatable bonds is 9. The minimum Gasteiger partial charge on any atom is -0.465 e. The van der Waals surface area contributed by atoms with Gasteiger partial charge in [-0.2, -0.15) is 0 Å². The van der Waals surface area contributed by atoms with Crippen LogP contribution in [0.15, 0.2) is 23.4 Å². The van der Waals surface area contributed by atoms with Gasteiger partial charge in [-0.3, -0.25) is 4.79 Å². The molecule has 1 unspecified atom stereocenters. The van der Waals surface area contributed by atoms with Crippen LogP contribution in [0.4, 0.5) is 5.69 Å². The minimum absolute atomic E-state index is 0.0728. The summed E-state index contributed by atoms with van der Waals surface area (Å²) in [6.45, 7) is 3.42. The topological polar surface area (TPSA) is 122 Å². The predicted molar refractivity (Wildman–Crippen MR) is 117 cm³/mol. The molecule has 1 aromatic heterocycles. The van der Waals surface area contributed by atoms with Gasteiger partial charge in [0.2, 0.25) is 5.91 Å². The molecule has 0 saturated carbocycles. The van der Waals surface area contributed by atoms with Gasteiger partial charge in [0.15, 0.2) is 5.16 Å². The number of benzene rings is 1. The van der Waals surface area contributed by atoms with E-state index in [2.05, 4.69) is 15.5 Å². The molecule has 0 radical (unpaired) electrons. The number of hydrogen-bond acceptors (Lipinski definition) is 9. The van der Waals surface area contributed by atoms with Crippen molar-refractivity contribution in [2.45, 2.75) is 44.0 Å². The smallest absolute Gasteiger partial charge is 0.337 e. The largest absolute Gasteiger partial charge is 0.465 e. The van der Waals surface area contributed by atoms with Gasteiger partial charge in [-0.05, 0) is 31.0 Å². The first-order valence-electron chi connectivity index (χ1n) is 10.2. The molecule has 0 spiro atoms. The summed E-state index contributed by atoms with van der Waals surface area (Å²) in [5.74, 6) is -0.664. The molecule has 0 aliphatic carbocycles. The Labute approximate surface area is 190 Å². The Hall–Kier alpha value is -2.92. The Bertz CT molecular complexity index is 952. The molecule has 1 fully saturated rings. The first-order valence-corrected chi connectivity index (χ1v) is 11.2. The lowest BCUT2D eigenvalue weighted by Crippen LogP contribution is -2.19. The zero-order chi connectivity index (χ0) is 23.1. The third-order valence-corrected chi connectivity index (χ3v) is 5.88. The zero-order valence-electron chi connectivity index (χ0n) is 18.3. The van der Waals surface area contributed by atoms with Crippen LogP contribution in [-0.2, 0) is 32.0 Å². The van der Waals surface area contributed by atoms with Crippen molar-refractivity contribution in [3.63, 3.8) is 0 Å². The summed E-state index contributed by atoms with van der Waals surface area (Å²) in [5.41, 5.74) is 0.540. The van der Waals surface area contributed by atoms with Crippen LogP contribution in [0.1, 0.15) is 46.3 Å². The molecule has 1 amide bonds. The normalized spacial score (nSPS) is 15.4. The number of hydrogen-bond donors (Lipinski definition) is 1. The van der Waals surface area contributed by atoms with Crippen LogP contribution in [0.3, 0.4) is 0 Å². The fourth-order valence-corrected chi connectivity index (χ4v) is 4.13. The average Bonchev–Trinajstić information content (AvgIpc) is 3.46. The molecule has 2 heterocycles. The van der Waals surface area contributed by atoms with Gasteiger partial charge in [0.25, 0.3) is 0 Å². The van der Waals surface area contributed by atoms with E-state index in [1.165, 1.54) is 44.2 Å². The number of amides is 1. The lowest BCUT2D eigenvalue weighted by atomic mass is 10.1. The Kier molecular flexibility index (Phi) is 8.23. The van der Waals surface area contributed by atoms with E-state index < -0.39 is 11.9 Å². The van der Waals surface area contributed by atoms with Crippen molar-refractivity contribution in [2.24, 2.45) is 0 Å². The van der Waals surface area contributed by atoms with E-state index >= 15 is 0 Å². The number of aromatic nitrogens is 3. The molecule has 2 aromatic rings. The molecule has 3 rings (SSSR count). The minimum atomic E-state index is -0.630. The second-order valence-electron chi connectivity index (χ2n) is 7.12. The van der Waals surface area contributed by atoms with Crippen molar-refractivity contribution >= 4 is 35.3 Å². The third kappa shape index (κ3) is 5.86. The highest BCUT2D eigenvalue weighted by Gasteiger charge is 2.21. The number of thioether (sulfide) groups is 1. The highest BCUT2D eigenvalue weighted by molar-refractivity contribution is 7.99. The number of nitrogens with one attached hydrogen (secondary N) is 1. The lowest BCUT2D eigenvalue weighted by molar-refractivity contribution is -0.113. The number of ether oxygens (including phenoxy) is 3. The molecular formula is C21H26N4O6S. The van der Waals surface area contributed by atoms with Crippen LogP contribution in [0.2, 0.25) is 0 Å². The van der Waals surface area contributed by atoms with Gasteiger partial charge in [0.05, 0.1) is 43.7 Å². The van der Waals surface area contributed by atoms with E-state index in [1.807, 2.05) is 11.5 Å². The average molecular weight is 463 g/mol. The highest BCUT2D eigenvalue weighted by atomic mass is 32.2. The van der Waals surface area contributed by atoms with Gasteiger partial charge in [0.1, 0.15) is 5.82 Å². The first kappa shape index (κ1) is 23.7. The fourth-order valence-electron chi connectivity index (χ4n) is 3.36. The predicted octanol–water partition coefficient (Wildman–Crippen LogP) is 2.32. The molecular weight excluding hydrogens is 436 g/mol. The second-order valence-corrected chi connectivity index (χ2v) is 8.06. The standard InChI is InChI=1S/C21H26N4O6S/c1-4-17-23-24-21(25(17)11-16-6-5-7-31-16)32-12-18(26)22-15-9-13(19(27)29-2)8-14(10-15)20(28)30-3/h8-10,16H,4-7,11-12H2,1-3H3,(H,22,26). The number of methoxy groups -OCH3 is 2. The molecule has 1 aliphatic heterocycles. The summed E-state index contributed by atoms with van der Waals surface area (Å²) < 4.78 is 17.2. The van der Waals surface area contributed by atoms with E-state index in [-0.39, 0.29) is 34.6 Å². The Balaban J connectivity index is 1.69. The number of carbonyl (C=O) groups is 3. The number of anilines is 1. The quantitative estimate of drug-likeness (QED) is 0.442. The van der Waals surface area contributed by atoms with Crippen molar-refractivity contribution in [3.8, 4) is 0 Å². The van der Waals surface area contributed by atoms with Gasteiger partial charge >= 0.3 is 11.9 Å². The first-order chi connectivity index (χ1) is 15.4. The van der Waals surface area contributed by atoms with Crippen LogP contribution >= 0.6 is 11.8 Å². The van der Waals surface area contributed by atoms with Crippen molar-refractivity contribution < 1.29 is 28.6 Å². The molecule has 172 valence electrons. The van der Waals surface area contributed by atoms with Crippen molar-refractivity contribution in [3.05, 3.63) is 35.2 Å². The molecule has 1 aliphatic rings. The summed E-state index contributed by atoms with van der Waals surface area (Å²) >= 11 is 1.26. The summed E-state index contributed by atoms with van der Waals surface area (Å²) in [6, 6.07) is 4.23. The maximum atomic E-state index is 12.6. The Morgan fingerprint density at radius 2 is 1.84 bits per heavy atom.